The number of nitrogens with one attached hydrogen (secondary N) is 2. The van der Waals surface area contributed by atoms with E-state index in [-0.39, 0.29) is 31.1 Å². The first kappa shape index (κ1) is 21.1. The van der Waals surface area contributed by atoms with Crippen LogP contribution >= 0.6 is 0 Å². The van der Waals surface area contributed by atoms with Gasteiger partial charge in [0.15, 0.2) is 0 Å². The second-order valence-electron chi connectivity index (χ2n) is 6.89. The summed E-state index contributed by atoms with van der Waals surface area (Å²) in [7, 11) is 0. The number of carboxylic acid groups (broad SMARTS) is 1. The van der Waals surface area contributed by atoms with Crippen LogP contribution in [0, 0.1) is 17.2 Å². The minimum Gasteiger partial charge on any atom is -0.481 e. The molecule has 1 aromatic rings. The van der Waals surface area contributed by atoms with Crippen LogP contribution in [0.3, 0.4) is 0 Å². The third kappa shape index (κ3) is 6.50. The summed E-state index contributed by atoms with van der Waals surface area (Å²) in [5, 5.41) is 22.6. The molecule has 3 N–H and O–H groups in total. The van der Waals surface area contributed by atoms with Crippen molar-refractivity contribution < 1.29 is 24.3 Å². The predicted octanol–water partition coefficient (Wildman–Crippen LogP) is 1.74. The number of benzene rings is 1. The van der Waals surface area contributed by atoms with E-state index in [1.54, 1.807) is 18.2 Å². The summed E-state index contributed by atoms with van der Waals surface area (Å²) in [6.45, 7) is 0. The van der Waals surface area contributed by atoms with Crippen molar-refractivity contribution in [1.29, 1.82) is 5.26 Å². The highest BCUT2D eigenvalue weighted by Crippen LogP contribution is 2.29. The zero-order chi connectivity index (χ0) is 20.5. The molecule has 0 spiro atoms. The van der Waals surface area contributed by atoms with Crippen molar-refractivity contribution in [3.8, 4) is 6.07 Å². The van der Waals surface area contributed by atoms with Crippen molar-refractivity contribution in [3.63, 3.8) is 0 Å². The Labute approximate surface area is 162 Å². The van der Waals surface area contributed by atoms with Crippen molar-refractivity contribution in [2.45, 2.75) is 51.0 Å². The maximum atomic E-state index is 12.6. The Morgan fingerprint density at radius 3 is 2.50 bits per heavy atom. The van der Waals surface area contributed by atoms with Gasteiger partial charge < -0.3 is 10.4 Å². The van der Waals surface area contributed by atoms with Gasteiger partial charge in [-0.05, 0) is 37.0 Å². The third-order valence-corrected chi connectivity index (χ3v) is 4.79. The summed E-state index contributed by atoms with van der Waals surface area (Å²) in [6, 6.07) is 7.84. The minimum atomic E-state index is -1.11. The van der Waals surface area contributed by atoms with E-state index < -0.39 is 23.8 Å². The number of carboxylic acids is 1. The molecule has 0 aliphatic heterocycles. The lowest BCUT2D eigenvalue weighted by Gasteiger charge is -2.24. The van der Waals surface area contributed by atoms with Crippen LogP contribution in [0.1, 0.15) is 60.9 Å². The normalized spacial score (nSPS) is 14.7. The van der Waals surface area contributed by atoms with Gasteiger partial charge in [0.25, 0.3) is 5.91 Å². The van der Waals surface area contributed by atoms with Gasteiger partial charge in [0.2, 0.25) is 11.8 Å². The maximum absolute atomic E-state index is 12.6. The van der Waals surface area contributed by atoms with Crippen molar-refractivity contribution >= 4 is 23.7 Å². The highest BCUT2D eigenvalue weighted by Gasteiger charge is 2.29. The number of rotatable bonds is 8. The molecule has 28 heavy (non-hydrogen) atoms. The van der Waals surface area contributed by atoms with Crippen LogP contribution in [0.5, 0.6) is 0 Å². The topological polar surface area (TPSA) is 136 Å². The molecule has 0 radical (unpaired) electrons. The third-order valence-electron chi connectivity index (χ3n) is 4.79. The second kappa shape index (κ2) is 10.2. The first-order valence-corrected chi connectivity index (χ1v) is 9.24. The van der Waals surface area contributed by atoms with E-state index in [1.165, 1.54) is 6.07 Å². The van der Waals surface area contributed by atoms with Crippen LogP contribution in [-0.4, -0.2) is 34.8 Å². The van der Waals surface area contributed by atoms with Gasteiger partial charge in [-0.2, -0.15) is 5.26 Å². The number of nitriles is 1. The Morgan fingerprint density at radius 1 is 1.14 bits per heavy atom. The second-order valence-corrected chi connectivity index (χ2v) is 6.89. The molecule has 1 aliphatic carbocycles. The number of imide groups is 1. The van der Waals surface area contributed by atoms with Gasteiger partial charge in [-0.3, -0.25) is 24.5 Å². The average molecular weight is 385 g/mol. The first-order chi connectivity index (χ1) is 13.4. The van der Waals surface area contributed by atoms with Gasteiger partial charge in [0.05, 0.1) is 18.1 Å². The summed E-state index contributed by atoms with van der Waals surface area (Å²) in [4.78, 5) is 47.0. The fourth-order valence-corrected chi connectivity index (χ4v) is 3.37. The molecule has 2 rings (SSSR count). The van der Waals surface area contributed by atoms with Crippen molar-refractivity contribution in [3.05, 3.63) is 35.4 Å². The SMILES string of the molecule is N#Cc1cccc(C(=O)NC(CC(=O)NC(=O)CCC(=O)O)C2CCCC2)c1. The van der Waals surface area contributed by atoms with E-state index in [9.17, 15) is 19.2 Å². The standard InChI is InChI=1S/C20H23N3O5/c21-12-13-4-3-7-15(10-13)20(28)22-16(14-5-1-2-6-14)11-18(25)23-17(24)8-9-19(26)27/h3-4,7,10,14,16H,1-2,5-6,8-9,11H2,(H,22,28)(H,26,27)(H,23,24,25). The molecule has 0 saturated heterocycles. The Bertz CT molecular complexity index is 793. The molecular weight excluding hydrogens is 362 g/mol. The maximum Gasteiger partial charge on any atom is 0.303 e. The molecule has 1 aromatic carbocycles. The van der Waals surface area contributed by atoms with Crippen molar-refractivity contribution in [1.82, 2.24) is 10.6 Å². The number of carbonyl (C=O) groups is 4. The lowest BCUT2D eigenvalue weighted by molar-refractivity contribution is -0.140. The Balaban J connectivity index is 2.00. The zero-order valence-corrected chi connectivity index (χ0v) is 15.4. The van der Waals surface area contributed by atoms with Crippen LogP contribution in [0.25, 0.3) is 0 Å². The largest absolute Gasteiger partial charge is 0.481 e. The van der Waals surface area contributed by atoms with Crippen LogP contribution in [0.15, 0.2) is 24.3 Å². The molecule has 1 saturated carbocycles. The van der Waals surface area contributed by atoms with E-state index in [0.29, 0.717) is 11.1 Å². The number of hydrogen-bond donors (Lipinski definition) is 3. The molecule has 148 valence electrons. The number of aliphatic carboxylic acids is 1. The molecule has 1 unspecified atom stereocenters. The summed E-state index contributed by atoms with van der Waals surface area (Å²) >= 11 is 0. The highest BCUT2D eigenvalue weighted by atomic mass is 16.4. The lowest BCUT2D eigenvalue weighted by atomic mass is 9.94. The summed E-state index contributed by atoms with van der Waals surface area (Å²) in [5.74, 6) is -2.55. The quantitative estimate of drug-likeness (QED) is 0.623. The fraction of sp³-hybridized carbons (Fsp3) is 0.450. The van der Waals surface area contributed by atoms with E-state index >= 15 is 0 Å². The van der Waals surface area contributed by atoms with E-state index in [2.05, 4.69) is 10.6 Å². The Hall–Kier alpha value is -3.21. The molecule has 0 aromatic heterocycles. The number of nitrogens with zero attached hydrogens (tertiary/aromatic N) is 1. The molecule has 0 heterocycles. The molecule has 0 bridgehead atoms. The van der Waals surface area contributed by atoms with Gasteiger partial charge in [-0.15, -0.1) is 0 Å². The first-order valence-electron chi connectivity index (χ1n) is 9.24. The molecule has 1 fully saturated rings. The fourth-order valence-electron chi connectivity index (χ4n) is 3.37. The summed E-state index contributed by atoms with van der Waals surface area (Å²) in [6.07, 6.45) is 3.10. The van der Waals surface area contributed by atoms with Gasteiger partial charge in [-0.25, -0.2) is 0 Å². The van der Waals surface area contributed by atoms with Gasteiger partial charge in [-0.1, -0.05) is 18.9 Å². The van der Waals surface area contributed by atoms with Crippen LogP contribution in [0.2, 0.25) is 0 Å². The molecule has 3 amide bonds. The lowest BCUT2D eigenvalue weighted by Crippen LogP contribution is -2.44. The molecular formula is C20H23N3O5. The Kier molecular flexibility index (Phi) is 7.69. The van der Waals surface area contributed by atoms with Crippen molar-refractivity contribution in [2.24, 2.45) is 5.92 Å². The Morgan fingerprint density at radius 2 is 1.86 bits per heavy atom. The van der Waals surface area contributed by atoms with E-state index in [4.69, 9.17) is 10.4 Å². The van der Waals surface area contributed by atoms with Crippen LogP contribution in [0.4, 0.5) is 0 Å². The van der Waals surface area contributed by atoms with E-state index in [0.717, 1.165) is 25.7 Å². The van der Waals surface area contributed by atoms with Gasteiger partial charge in [0, 0.05) is 24.4 Å². The molecule has 8 heteroatoms. The van der Waals surface area contributed by atoms with Gasteiger partial charge >= 0.3 is 5.97 Å². The molecule has 1 aliphatic rings. The average Bonchev–Trinajstić information content (AvgIpc) is 3.20. The minimum absolute atomic E-state index is 0.0623. The van der Waals surface area contributed by atoms with E-state index in [1.807, 2.05) is 6.07 Å². The predicted molar refractivity (Wildman–Crippen MR) is 99.0 cm³/mol. The van der Waals surface area contributed by atoms with Crippen LogP contribution < -0.4 is 10.6 Å². The smallest absolute Gasteiger partial charge is 0.303 e. The number of amides is 3. The molecule has 8 nitrogen and oxygen atoms in total. The van der Waals surface area contributed by atoms with Crippen LogP contribution in [-0.2, 0) is 14.4 Å². The van der Waals surface area contributed by atoms with Gasteiger partial charge in [0.1, 0.15) is 0 Å². The monoisotopic (exact) mass is 385 g/mol. The zero-order valence-electron chi connectivity index (χ0n) is 15.4. The number of hydrogen-bond acceptors (Lipinski definition) is 5. The number of carbonyl (C=O) groups excluding carboxylic acids is 3. The summed E-state index contributed by atoms with van der Waals surface area (Å²) < 4.78 is 0. The summed E-state index contributed by atoms with van der Waals surface area (Å²) in [5.41, 5.74) is 0.701. The molecule has 1 atom stereocenters. The van der Waals surface area contributed by atoms with Crippen molar-refractivity contribution in [2.75, 3.05) is 0 Å². The highest BCUT2D eigenvalue weighted by molar-refractivity contribution is 5.97.